The lowest BCUT2D eigenvalue weighted by Gasteiger charge is -2.36. The molecular weight excluding hydrogens is 532 g/mol. The minimum atomic E-state index is -0.442. The van der Waals surface area contributed by atoms with Crippen LogP contribution in [0.2, 0.25) is 0 Å². The number of hydrogen-bond acceptors (Lipinski definition) is 5. The summed E-state index contributed by atoms with van der Waals surface area (Å²) in [7, 11) is 0. The average Bonchev–Trinajstić information content (AvgIpc) is 2.88. The Bertz CT molecular complexity index is 1260. The topological polar surface area (TPSA) is 61.8 Å². The maximum Gasteiger partial charge on any atom is 0.165 e. The molecule has 0 bridgehead atoms. The van der Waals surface area contributed by atoms with E-state index in [1.165, 1.54) is 0 Å². The molecule has 0 unspecified atom stereocenters. The van der Waals surface area contributed by atoms with E-state index in [1.54, 1.807) is 0 Å². The Kier molecular flexibility index (Phi) is 7.65. The highest BCUT2D eigenvalue weighted by Crippen LogP contribution is 2.49. The Labute approximate surface area is 226 Å². The minimum Gasteiger partial charge on any atom is -0.490 e. The van der Waals surface area contributed by atoms with Crippen molar-refractivity contribution in [2.24, 2.45) is 0 Å². The van der Waals surface area contributed by atoms with Gasteiger partial charge in [-0.25, -0.2) is 0 Å². The van der Waals surface area contributed by atoms with E-state index in [2.05, 4.69) is 28.6 Å². The molecule has 0 aromatic heterocycles. The molecule has 2 aliphatic carbocycles. The fourth-order valence-electron chi connectivity index (χ4n) is 5.47. The second-order valence-corrected chi connectivity index (χ2v) is 10.5. The first-order chi connectivity index (χ1) is 18.0. The fraction of sp³-hybridized carbons (Fsp3) is 0.355. The molecular formula is C31H31BrO5. The quantitative estimate of drug-likeness (QED) is 0.316. The van der Waals surface area contributed by atoms with E-state index in [0.29, 0.717) is 55.1 Å². The number of halogens is 1. The molecule has 37 heavy (non-hydrogen) atoms. The van der Waals surface area contributed by atoms with E-state index in [4.69, 9.17) is 14.2 Å². The highest BCUT2D eigenvalue weighted by Gasteiger charge is 2.42. The van der Waals surface area contributed by atoms with Gasteiger partial charge in [0.15, 0.2) is 23.1 Å². The van der Waals surface area contributed by atoms with Crippen molar-refractivity contribution in [1.82, 2.24) is 0 Å². The van der Waals surface area contributed by atoms with E-state index >= 15 is 0 Å². The molecule has 6 heteroatoms. The van der Waals surface area contributed by atoms with Crippen molar-refractivity contribution in [3.05, 3.63) is 92.9 Å². The molecule has 0 saturated carbocycles. The van der Waals surface area contributed by atoms with Gasteiger partial charge in [-0.1, -0.05) is 40.2 Å². The Hall–Kier alpha value is -3.12. The van der Waals surface area contributed by atoms with Crippen molar-refractivity contribution >= 4 is 27.5 Å². The van der Waals surface area contributed by atoms with Crippen molar-refractivity contribution in [1.29, 1.82) is 0 Å². The van der Waals surface area contributed by atoms with Crippen LogP contribution in [0.5, 0.6) is 11.5 Å². The highest BCUT2D eigenvalue weighted by molar-refractivity contribution is 9.10. The van der Waals surface area contributed by atoms with E-state index in [-0.39, 0.29) is 11.6 Å². The molecule has 0 radical (unpaired) electrons. The number of ketones is 2. The molecule has 3 aliphatic rings. The van der Waals surface area contributed by atoms with Gasteiger partial charge in [0.05, 0.1) is 6.61 Å². The lowest BCUT2D eigenvalue weighted by molar-refractivity contribution is -0.117. The van der Waals surface area contributed by atoms with E-state index < -0.39 is 5.92 Å². The van der Waals surface area contributed by atoms with Gasteiger partial charge in [0.25, 0.3) is 0 Å². The molecule has 0 amide bonds. The molecule has 0 saturated heterocycles. The third-order valence-electron chi connectivity index (χ3n) is 7.09. The van der Waals surface area contributed by atoms with Crippen LogP contribution in [0.3, 0.4) is 0 Å². The number of Topliss-reactive ketones (excluding diaryl/α,β-unsaturated/α-hetero) is 2. The third-order valence-corrected chi connectivity index (χ3v) is 7.62. The van der Waals surface area contributed by atoms with Gasteiger partial charge >= 0.3 is 0 Å². The van der Waals surface area contributed by atoms with Crippen LogP contribution < -0.4 is 9.47 Å². The second-order valence-electron chi connectivity index (χ2n) is 9.61. The predicted molar refractivity (Wildman–Crippen MR) is 146 cm³/mol. The molecule has 0 spiro atoms. The summed E-state index contributed by atoms with van der Waals surface area (Å²) in [5.41, 5.74) is 4.08. The predicted octanol–water partition coefficient (Wildman–Crippen LogP) is 7.28. The SMILES string of the molecule is C=CCc1cc(C2C3=C(CCCC3=O)OC3=C2C(=O)CCC3)cc(OCC)c1OCc1ccc(Br)cc1. The fourth-order valence-corrected chi connectivity index (χ4v) is 5.74. The van der Waals surface area contributed by atoms with Crippen LogP contribution in [0.25, 0.3) is 0 Å². The van der Waals surface area contributed by atoms with Gasteiger partial charge in [0.2, 0.25) is 0 Å². The van der Waals surface area contributed by atoms with Gasteiger partial charge in [-0.15, -0.1) is 6.58 Å². The zero-order chi connectivity index (χ0) is 25.9. The first-order valence-corrected chi connectivity index (χ1v) is 13.8. The van der Waals surface area contributed by atoms with Crippen molar-refractivity contribution in [2.75, 3.05) is 6.61 Å². The zero-order valence-electron chi connectivity index (χ0n) is 21.1. The largest absolute Gasteiger partial charge is 0.490 e. The molecule has 2 aromatic rings. The number of benzene rings is 2. The van der Waals surface area contributed by atoms with Crippen molar-refractivity contribution in [2.45, 2.75) is 64.4 Å². The summed E-state index contributed by atoms with van der Waals surface area (Å²) in [5, 5.41) is 0. The summed E-state index contributed by atoms with van der Waals surface area (Å²) in [6, 6.07) is 12.0. The smallest absolute Gasteiger partial charge is 0.165 e. The molecule has 1 heterocycles. The highest BCUT2D eigenvalue weighted by atomic mass is 79.9. The van der Waals surface area contributed by atoms with Crippen LogP contribution in [0.4, 0.5) is 0 Å². The van der Waals surface area contributed by atoms with Gasteiger partial charge < -0.3 is 14.2 Å². The van der Waals surface area contributed by atoms with Gasteiger partial charge in [0, 0.05) is 52.8 Å². The molecule has 5 nitrogen and oxygen atoms in total. The normalized spacial score (nSPS) is 17.8. The monoisotopic (exact) mass is 562 g/mol. The number of carbonyl (C=O) groups is 2. The summed E-state index contributed by atoms with van der Waals surface area (Å²) in [4.78, 5) is 26.4. The molecule has 2 aromatic carbocycles. The van der Waals surface area contributed by atoms with Crippen LogP contribution in [0, 0.1) is 0 Å². The first kappa shape index (κ1) is 25.5. The van der Waals surface area contributed by atoms with E-state index in [9.17, 15) is 9.59 Å². The summed E-state index contributed by atoms with van der Waals surface area (Å²) >= 11 is 3.47. The number of allylic oxidation sites excluding steroid dienone is 5. The standard InChI is InChI=1S/C31H31BrO5/c1-3-7-20-16-21(17-27(35-4-2)31(20)36-18-19-12-14-22(32)15-13-19)28-29-23(33)8-5-10-25(29)37-26-11-6-9-24(34)30(26)28/h3,12-17,28H,1,4-11,18H2,2H3. The van der Waals surface area contributed by atoms with E-state index in [0.717, 1.165) is 58.4 Å². The molecule has 5 rings (SSSR count). The summed E-state index contributed by atoms with van der Waals surface area (Å²) < 4.78 is 19.6. The van der Waals surface area contributed by atoms with Gasteiger partial charge in [0.1, 0.15) is 18.1 Å². The summed E-state index contributed by atoms with van der Waals surface area (Å²) in [6.07, 6.45) is 6.32. The number of ether oxygens (including phenoxy) is 3. The van der Waals surface area contributed by atoms with Crippen molar-refractivity contribution in [3.8, 4) is 11.5 Å². The molecule has 1 aliphatic heterocycles. The van der Waals surface area contributed by atoms with Crippen LogP contribution in [0.1, 0.15) is 68.1 Å². The zero-order valence-corrected chi connectivity index (χ0v) is 22.7. The van der Waals surface area contributed by atoms with E-state index in [1.807, 2.05) is 43.3 Å². The van der Waals surface area contributed by atoms with Crippen LogP contribution >= 0.6 is 15.9 Å². The molecule has 0 N–H and O–H groups in total. The Morgan fingerprint density at radius 2 is 1.62 bits per heavy atom. The van der Waals surface area contributed by atoms with Crippen LogP contribution in [-0.2, 0) is 27.4 Å². The Morgan fingerprint density at radius 1 is 0.973 bits per heavy atom. The Morgan fingerprint density at radius 3 is 2.22 bits per heavy atom. The average molecular weight is 563 g/mol. The number of rotatable bonds is 8. The number of hydrogen-bond donors (Lipinski definition) is 0. The van der Waals surface area contributed by atoms with Gasteiger partial charge in [-0.05, 0) is 55.5 Å². The van der Waals surface area contributed by atoms with Gasteiger partial charge in [-0.2, -0.15) is 0 Å². The lowest BCUT2D eigenvalue weighted by Crippen LogP contribution is -2.30. The van der Waals surface area contributed by atoms with Gasteiger partial charge in [-0.3, -0.25) is 9.59 Å². The van der Waals surface area contributed by atoms with Crippen LogP contribution in [-0.4, -0.2) is 18.2 Å². The first-order valence-electron chi connectivity index (χ1n) is 13.0. The lowest BCUT2D eigenvalue weighted by atomic mass is 9.73. The third kappa shape index (κ3) is 5.17. The summed E-state index contributed by atoms with van der Waals surface area (Å²) in [6.45, 7) is 6.73. The molecule has 0 atom stereocenters. The maximum atomic E-state index is 13.2. The van der Waals surface area contributed by atoms with Crippen molar-refractivity contribution in [3.63, 3.8) is 0 Å². The second kappa shape index (κ2) is 11.1. The molecule has 0 fully saturated rings. The minimum absolute atomic E-state index is 0.0648. The Balaban J connectivity index is 1.61. The maximum absolute atomic E-state index is 13.2. The summed E-state index contributed by atoms with van der Waals surface area (Å²) in [5.74, 6) is 2.42. The molecule has 192 valence electrons. The number of carbonyl (C=O) groups excluding carboxylic acids is 2. The van der Waals surface area contributed by atoms with Crippen molar-refractivity contribution < 1.29 is 23.8 Å². The van der Waals surface area contributed by atoms with Crippen LogP contribution in [0.15, 0.2) is 76.2 Å².